The molecule has 2 heterocycles. The molecule has 2 aromatic heterocycles. The van der Waals surface area contributed by atoms with Crippen LogP contribution in [0.1, 0.15) is 18.2 Å². The summed E-state index contributed by atoms with van der Waals surface area (Å²) in [5, 5.41) is 0.671. The third kappa shape index (κ3) is 3.96. The van der Waals surface area contributed by atoms with Crippen LogP contribution in [0.4, 0.5) is 9.18 Å². The molecule has 0 aliphatic carbocycles. The van der Waals surface area contributed by atoms with Crippen LogP contribution in [0.3, 0.4) is 0 Å². The lowest BCUT2D eigenvalue weighted by molar-refractivity contribution is 0.101. The molecular formula is C19H19FN2O3. The van der Waals surface area contributed by atoms with Crippen molar-refractivity contribution in [1.82, 2.24) is 9.55 Å². The second-order valence-electron chi connectivity index (χ2n) is 5.68. The number of hydrogen-bond donors (Lipinski definition) is 0. The van der Waals surface area contributed by atoms with E-state index in [1.165, 1.54) is 12.1 Å². The zero-order chi connectivity index (χ0) is 17.8. The van der Waals surface area contributed by atoms with Crippen molar-refractivity contribution in [3.05, 3.63) is 59.7 Å². The molecule has 0 aliphatic rings. The Morgan fingerprint density at radius 2 is 2.08 bits per heavy atom. The molecule has 0 radical (unpaired) electrons. The quantitative estimate of drug-likeness (QED) is 0.650. The van der Waals surface area contributed by atoms with Crippen LogP contribution in [0, 0.1) is 12.7 Å². The van der Waals surface area contributed by atoms with Gasteiger partial charge < -0.3 is 14.0 Å². The average Bonchev–Trinajstić information content (AvgIpc) is 2.89. The number of benzene rings is 1. The molecule has 25 heavy (non-hydrogen) atoms. The van der Waals surface area contributed by atoms with Crippen molar-refractivity contribution in [3.8, 4) is 5.88 Å². The minimum absolute atomic E-state index is 0.226. The van der Waals surface area contributed by atoms with Gasteiger partial charge in [0, 0.05) is 29.9 Å². The molecule has 5 nitrogen and oxygen atoms in total. The number of nitrogens with zero attached hydrogens (tertiary/aromatic N) is 2. The topological polar surface area (TPSA) is 53.4 Å². The fourth-order valence-corrected chi connectivity index (χ4v) is 2.77. The van der Waals surface area contributed by atoms with Crippen LogP contribution in [0.15, 0.2) is 42.6 Å². The number of carbonyl (C=O) groups is 1. The lowest BCUT2D eigenvalue weighted by atomic mass is 10.1. The number of carbonyl (C=O) groups excluding carboxylic acids is 1. The molecule has 6 heteroatoms. The van der Waals surface area contributed by atoms with Gasteiger partial charge in [0.1, 0.15) is 5.82 Å². The first-order valence-corrected chi connectivity index (χ1v) is 8.11. The van der Waals surface area contributed by atoms with Crippen molar-refractivity contribution < 1.29 is 18.7 Å². The zero-order valence-corrected chi connectivity index (χ0v) is 14.2. The Morgan fingerprint density at radius 3 is 2.84 bits per heavy atom. The molecule has 0 atom stereocenters. The maximum Gasteiger partial charge on any atom is 0.515 e. The molecule has 0 amide bonds. The second-order valence-corrected chi connectivity index (χ2v) is 5.68. The summed E-state index contributed by atoms with van der Waals surface area (Å²) in [6.45, 7) is 4.45. The van der Waals surface area contributed by atoms with E-state index in [9.17, 15) is 9.18 Å². The Hall–Kier alpha value is -2.89. The maximum absolute atomic E-state index is 13.5. The lowest BCUT2D eigenvalue weighted by Gasteiger charge is -2.11. The van der Waals surface area contributed by atoms with Gasteiger partial charge in [0.25, 0.3) is 0 Å². The van der Waals surface area contributed by atoms with Gasteiger partial charge in [0.05, 0.1) is 12.1 Å². The highest BCUT2D eigenvalue weighted by Crippen LogP contribution is 2.27. The number of ether oxygens (including phenoxy) is 2. The van der Waals surface area contributed by atoms with Crippen LogP contribution in [-0.4, -0.2) is 22.3 Å². The van der Waals surface area contributed by atoms with E-state index < -0.39 is 6.16 Å². The van der Waals surface area contributed by atoms with Crippen molar-refractivity contribution in [3.63, 3.8) is 0 Å². The van der Waals surface area contributed by atoms with Crippen molar-refractivity contribution in [2.45, 2.75) is 26.8 Å². The molecular weight excluding hydrogens is 323 g/mol. The molecule has 1 aromatic carbocycles. The number of rotatable bonds is 5. The highest BCUT2D eigenvalue weighted by atomic mass is 19.1. The molecule has 0 aliphatic heterocycles. The lowest BCUT2D eigenvalue weighted by Crippen LogP contribution is -2.13. The van der Waals surface area contributed by atoms with E-state index in [1.54, 1.807) is 25.3 Å². The van der Waals surface area contributed by atoms with Crippen LogP contribution >= 0.6 is 0 Å². The molecule has 0 fully saturated rings. The first-order valence-electron chi connectivity index (χ1n) is 8.11. The molecule has 130 valence electrons. The minimum Gasteiger partial charge on any atom is -0.434 e. The van der Waals surface area contributed by atoms with E-state index >= 15 is 0 Å². The fourth-order valence-electron chi connectivity index (χ4n) is 2.77. The van der Waals surface area contributed by atoms with Crippen LogP contribution in [-0.2, 0) is 17.7 Å². The van der Waals surface area contributed by atoms with Gasteiger partial charge in [0.15, 0.2) is 0 Å². The smallest absolute Gasteiger partial charge is 0.434 e. The summed E-state index contributed by atoms with van der Waals surface area (Å²) in [6.07, 6.45) is 1.72. The van der Waals surface area contributed by atoms with E-state index in [-0.39, 0.29) is 12.4 Å². The normalized spacial score (nSPS) is 10.8. The Morgan fingerprint density at radius 1 is 1.24 bits per heavy atom. The third-order valence-corrected chi connectivity index (χ3v) is 3.86. The van der Waals surface area contributed by atoms with Crippen LogP contribution in [0.25, 0.3) is 10.9 Å². The van der Waals surface area contributed by atoms with Gasteiger partial charge in [-0.25, -0.2) is 9.18 Å². The van der Waals surface area contributed by atoms with Crippen molar-refractivity contribution in [2.24, 2.45) is 0 Å². The van der Waals surface area contributed by atoms with Gasteiger partial charge in [-0.1, -0.05) is 0 Å². The van der Waals surface area contributed by atoms with Gasteiger partial charge in [-0.3, -0.25) is 4.98 Å². The predicted octanol–water partition coefficient (Wildman–Crippen LogP) is 4.26. The third-order valence-electron chi connectivity index (χ3n) is 3.86. The zero-order valence-electron chi connectivity index (χ0n) is 14.2. The maximum atomic E-state index is 13.5. The highest BCUT2D eigenvalue weighted by Gasteiger charge is 2.15. The molecule has 3 aromatic rings. The Kier molecular flexibility index (Phi) is 4.97. The molecule has 0 unspecified atom stereocenters. The summed E-state index contributed by atoms with van der Waals surface area (Å²) in [7, 11) is 0. The van der Waals surface area contributed by atoms with E-state index in [1.807, 2.05) is 23.6 Å². The van der Waals surface area contributed by atoms with E-state index in [0.29, 0.717) is 17.8 Å². The van der Waals surface area contributed by atoms with Crippen molar-refractivity contribution >= 4 is 17.1 Å². The molecule has 0 spiro atoms. The van der Waals surface area contributed by atoms with Crippen molar-refractivity contribution in [1.29, 1.82) is 0 Å². The summed E-state index contributed by atoms with van der Waals surface area (Å²) in [4.78, 5) is 15.9. The fraction of sp³-hybridized carbons (Fsp3) is 0.263. The van der Waals surface area contributed by atoms with E-state index in [4.69, 9.17) is 9.47 Å². The standard InChI is InChI=1S/C19H19FN2O3/c1-3-24-19(23)25-18-12-15-11-16(20)4-5-17(15)22(18)9-7-14-6-8-21-13(2)10-14/h4-6,8,10-12H,3,7,9H2,1-2H3. The Balaban J connectivity index is 1.91. The molecule has 0 N–H and O–H groups in total. The van der Waals surface area contributed by atoms with Gasteiger partial charge in [-0.15, -0.1) is 0 Å². The second kappa shape index (κ2) is 7.34. The van der Waals surface area contributed by atoms with Gasteiger partial charge in [-0.05, 0) is 56.2 Å². The molecule has 0 saturated carbocycles. The van der Waals surface area contributed by atoms with Crippen LogP contribution in [0.5, 0.6) is 5.88 Å². The number of aryl methyl sites for hydroxylation is 3. The Bertz CT molecular complexity index is 905. The number of halogens is 1. The van der Waals surface area contributed by atoms with E-state index in [0.717, 1.165) is 23.2 Å². The first kappa shape index (κ1) is 17.0. The summed E-state index contributed by atoms with van der Waals surface area (Å²) >= 11 is 0. The summed E-state index contributed by atoms with van der Waals surface area (Å²) < 4.78 is 25.5. The van der Waals surface area contributed by atoms with Crippen LogP contribution < -0.4 is 4.74 Å². The monoisotopic (exact) mass is 342 g/mol. The summed E-state index contributed by atoms with van der Waals surface area (Å²) in [5.74, 6) is 0.00178. The number of hydrogen-bond acceptors (Lipinski definition) is 4. The molecule has 3 rings (SSSR count). The van der Waals surface area contributed by atoms with Gasteiger partial charge >= 0.3 is 6.16 Å². The van der Waals surface area contributed by atoms with E-state index in [2.05, 4.69) is 4.98 Å². The average molecular weight is 342 g/mol. The molecule has 0 saturated heterocycles. The summed E-state index contributed by atoms with van der Waals surface area (Å²) in [6, 6.07) is 10.1. The highest BCUT2D eigenvalue weighted by molar-refractivity contribution is 5.83. The number of aromatic nitrogens is 2. The SMILES string of the molecule is CCOC(=O)Oc1cc2cc(F)ccc2n1CCc1ccnc(C)c1. The number of fused-ring (bicyclic) bond motifs is 1. The van der Waals surface area contributed by atoms with Gasteiger partial charge in [0.2, 0.25) is 5.88 Å². The first-order chi connectivity index (χ1) is 12.1. The van der Waals surface area contributed by atoms with Crippen LogP contribution in [0.2, 0.25) is 0 Å². The molecule has 0 bridgehead atoms. The van der Waals surface area contributed by atoms with Crippen molar-refractivity contribution in [2.75, 3.05) is 6.61 Å². The predicted molar refractivity (Wildman–Crippen MR) is 92.2 cm³/mol. The minimum atomic E-state index is -0.771. The Labute approximate surface area is 145 Å². The largest absolute Gasteiger partial charge is 0.515 e. The number of pyridine rings is 1. The summed E-state index contributed by atoms with van der Waals surface area (Å²) in [5.41, 5.74) is 2.87. The van der Waals surface area contributed by atoms with Gasteiger partial charge in [-0.2, -0.15) is 0 Å².